The molecule has 1 aliphatic carbocycles. The van der Waals surface area contributed by atoms with E-state index in [1.165, 1.54) is 12.0 Å². The summed E-state index contributed by atoms with van der Waals surface area (Å²) in [6.45, 7) is 0.410. The third-order valence-electron chi connectivity index (χ3n) is 4.38. The molecule has 1 saturated heterocycles. The number of alkyl halides is 3. The van der Waals surface area contributed by atoms with Gasteiger partial charge in [-0.25, -0.2) is 4.79 Å². The van der Waals surface area contributed by atoms with Gasteiger partial charge >= 0.3 is 12.2 Å². The molecule has 0 spiro atoms. The van der Waals surface area contributed by atoms with E-state index in [9.17, 15) is 22.8 Å². The number of nitrogens with zero attached hydrogens (tertiary/aromatic N) is 2. The molecule has 1 atom stereocenters. The summed E-state index contributed by atoms with van der Waals surface area (Å²) >= 11 is 0. The van der Waals surface area contributed by atoms with Crippen LogP contribution in [-0.4, -0.2) is 67.4 Å². The number of amides is 3. The van der Waals surface area contributed by atoms with Crippen molar-refractivity contribution in [1.82, 2.24) is 15.1 Å². The molecule has 132 valence electrons. The van der Waals surface area contributed by atoms with Crippen LogP contribution < -0.4 is 5.32 Å². The smallest absolute Gasteiger partial charge is 0.383 e. The van der Waals surface area contributed by atoms with Crippen molar-refractivity contribution in [3.05, 3.63) is 0 Å². The van der Waals surface area contributed by atoms with Gasteiger partial charge in [-0.15, -0.1) is 0 Å². The van der Waals surface area contributed by atoms with Crippen molar-refractivity contribution in [2.45, 2.75) is 37.9 Å². The van der Waals surface area contributed by atoms with Gasteiger partial charge in [0.05, 0.1) is 13.3 Å². The van der Waals surface area contributed by atoms with Crippen molar-refractivity contribution in [3.63, 3.8) is 0 Å². The fourth-order valence-corrected chi connectivity index (χ4v) is 3.11. The molecule has 0 bridgehead atoms. The lowest BCUT2D eigenvalue weighted by Crippen LogP contribution is -2.53. The number of methoxy groups -OCH3 is 1. The van der Waals surface area contributed by atoms with Crippen molar-refractivity contribution < 1.29 is 27.5 Å². The Morgan fingerprint density at radius 2 is 2.04 bits per heavy atom. The summed E-state index contributed by atoms with van der Waals surface area (Å²) in [6.07, 6.45) is -2.06. The molecule has 1 unspecified atom stereocenters. The van der Waals surface area contributed by atoms with E-state index in [4.69, 9.17) is 4.74 Å². The van der Waals surface area contributed by atoms with Crippen LogP contribution in [-0.2, 0) is 9.53 Å². The highest BCUT2D eigenvalue weighted by atomic mass is 19.4. The Labute approximate surface area is 132 Å². The Kier molecular flexibility index (Phi) is 5.72. The van der Waals surface area contributed by atoms with Crippen LogP contribution in [0.3, 0.4) is 0 Å². The summed E-state index contributed by atoms with van der Waals surface area (Å²) < 4.78 is 44.5. The third-order valence-corrected chi connectivity index (χ3v) is 4.38. The van der Waals surface area contributed by atoms with Crippen LogP contribution in [0.25, 0.3) is 0 Å². The van der Waals surface area contributed by atoms with Gasteiger partial charge in [-0.3, -0.25) is 9.69 Å². The van der Waals surface area contributed by atoms with Crippen molar-refractivity contribution in [1.29, 1.82) is 0 Å². The summed E-state index contributed by atoms with van der Waals surface area (Å²) in [6, 6.07) is -2.69. The topological polar surface area (TPSA) is 61.9 Å². The summed E-state index contributed by atoms with van der Waals surface area (Å²) in [4.78, 5) is 26.4. The van der Waals surface area contributed by atoms with E-state index in [0.717, 1.165) is 17.7 Å². The molecule has 6 nitrogen and oxygen atoms in total. The minimum atomic E-state index is -4.48. The number of carbonyl (C=O) groups is 2. The van der Waals surface area contributed by atoms with Crippen molar-refractivity contribution in [3.8, 4) is 0 Å². The van der Waals surface area contributed by atoms with Crippen LogP contribution in [0.15, 0.2) is 0 Å². The molecule has 0 aromatic carbocycles. The van der Waals surface area contributed by atoms with Crippen LogP contribution in [0.2, 0.25) is 0 Å². The van der Waals surface area contributed by atoms with E-state index >= 15 is 0 Å². The second-order valence-corrected chi connectivity index (χ2v) is 6.00. The molecule has 1 N–H and O–H groups in total. The summed E-state index contributed by atoms with van der Waals surface area (Å²) in [7, 11) is 1.49. The van der Waals surface area contributed by atoms with Crippen molar-refractivity contribution in [2.24, 2.45) is 5.92 Å². The first kappa shape index (κ1) is 17.8. The Morgan fingerprint density at radius 1 is 1.39 bits per heavy atom. The summed E-state index contributed by atoms with van der Waals surface area (Å²) in [5.74, 6) is -0.872. The molecular weight excluding hydrogens is 315 g/mol. The van der Waals surface area contributed by atoms with Gasteiger partial charge < -0.3 is 15.0 Å². The van der Waals surface area contributed by atoms with E-state index in [1.807, 2.05) is 0 Å². The molecule has 2 fully saturated rings. The van der Waals surface area contributed by atoms with E-state index in [0.29, 0.717) is 26.0 Å². The van der Waals surface area contributed by atoms with E-state index in [1.54, 1.807) is 0 Å². The summed E-state index contributed by atoms with van der Waals surface area (Å²) in [5.41, 5.74) is 0. The minimum Gasteiger partial charge on any atom is -0.383 e. The van der Waals surface area contributed by atoms with Gasteiger partial charge in [0.1, 0.15) is 12.6 Å². The first-order chi connectivity index (χ1) is 10.8. The highest BCUT2D eigenvalue weighted by Crippen LogP contribution is 2.35. The predicted octanol–water partition coefficient (Wildman–Crippen LogP) is 1.57. The number of rotatable bonds is 5. The quantitative estimate of drug-likeness (QED) is 0.828. The van der Waals surface area contributed by atoms with Crippen LogP contribution in [0.1, 0.15) is 25.7 Å². The van der Waals surface area contributed by atoms with E-state index in [2.05, 4.69) is 5.32 Å². The normalized spacial score (nSPS) is 21.1. The third kappa shape index (κ3) is 4.49. The van der Waals surface area contributed by atoms with E-state index in [-0.39, 0.29) is 19.1 Å². The molecule has 1 saturated carbocycles. The van der Waals surface area contributed by atoms with Crippen molar-refractivity contribution >= 4 is 11.9 Å². The second-order valence-electron chi connectivity index (χ2n) is 6.00. The largest absolute Gasteiger partial charge is 0.408 e. The highest BCUT2D eigenvalue weighted by Gasteiger charge is 2.47. The zero-order chi connectivity index (χ0) is 17.0. The first-order valence-electron chi connectivity index (χ1n) is 7.71. The number of urea groups is 1. The van der Waals surface area contributed by atoms with Gasteiger partial charge in [0.2, 0.25) is 5.91 Å². The maximum atomic E-state index is 13.2. The Morgan fingerprint density at radius 3 is 2.61 bits per heavy atom. The Balaban J connectivity index is 1.95. The van der Waals surface area contributed by atoms with Gasteiger partial charge in [-0.05, 0) is 18.8 Å². The van der Waals surface area contributed by atoms with Gasteiger partial charge in [0.25, 0.3) is 0 Å². The predicted molar refractivity (Wildman–Crippen MR) is 75.5 cm³/mol. The average molecular weight is 337 g/mol. The van der Waals surface area contributed by atoms with Crippen LogP contribution in [0, 0.1) is 5.92 Å². The minimum absolute atomic E-state index is 0.0106. The highest BCUT2D eigenvalue weighted by molar-refractivity contribution is 5.87. The van der Waals surface area contributed by atoms with Crippen molar-refractivity contribution in [2.75, 3.05) is 33.5 Å². The molecule has 23 heavy (non-hydrogen) atoms. The van der Waals surface area contributed by atoms with Gasteiger partial charge in [-0.1, -0.05) is 12.8 Å². The number of hydrogen-bond donors (Lipinski definition) is 1. The number of halogens is 3. The Bertz CT molecular complexity index is 439. The maximum absolute atomic E-state index is 13.2. The van der Waals surface area contributed by atoms with Gasteiger partial charge in [0.15, 0.2) is 0 Å². The number of ether oxygens (including phenoxy) is 1. The molecular formula is C14H22F3N3O3. The maximum Gasteiger partial charge on any atom is 0.408 e. The van der Waals surface area contributed by atoms with E-state index < -0.39 is 24.2 Å². The SMILES string of the molecule is COCCN1CN(C(=O)NC(C2CCCC2)C(F)(F)F)CC1=O. The molecule has 2 rings (SSSR count). The summed E-state index contributed by atoms with van der Waals surface area (Å²) in [5, 5.41) is 2.09. The fraction of sp³-hybridized carbons (Fsp3) is 0.857. The number of hydrogen-bond acceptors (Lipinski definition) is 3. The standard InChI is InChI=1S/C14H22F3N3O3/c1-23-7-6-19-9-20(8-11(19)21)13(22)18-12(14(15,16)17)10-4-2-3-5-10/h10,12H,2-9H2,1H3,(H,18,22). The monoisotopic (exact) mass is 337 g/mol. The molecule has 9 heteroatoms. The lowest BCUT2D eigenvalue weighted by atomic mass is 9.98. The molecule has 1 aliphatic heterocycles. The van der Waals surface area contributed by atoms with Gasteiger partial charge in [0, 0.05) is 13.7 Å². The average Bonchev–Trinajstić information content (AvgIpc) is 3.11. The van der Waals surface area contributed by atoms with Crippen LogP contribution in [0.5, 0.6) is 0 Å². The number of nitrogens with one attached hydrogen (secondary N) is 1. The molecule has 1 heterocycles. The molecule has 3 amide bonds. The van der Waals surface area contributed by atoms with Gasteiger partial charge in [-0.2, -0.15) is 13.2 Å². The Hall–Kier alpha value is -1.51. The lowest BCUT2D eigenvalue weighted by molar-refractivity contribution is -0.165. The van der Waals surface area contributed by atoms with Crippen LogP contribution >= 0.6 is 0 Å². The molecule has 0 aromatic rings. The first-order valence-corrected chi connectivity index (χ1v) is 7.71. The fourth-order valence-electron chi connectivity index (χ4n) is 3.11. The molecule has 0 radical (unpaired) electrons. The van der Waals surface area contributed by atoms with Crippen LogP contribution in [0.4, 0.5) is 18.0 Å². The zero-order valence-corrected chi connectivity index (χ0v) is 13.1. The molecule has 2 aliphatic rings. The number of carbonyl (C=O) groups excluding carboxylic acids is 2. The second kappa shape index (κ2) is 7.37. The lowest BCUT2D eigenvalue weighted by Gasteiger charge is -2.29. The zero-order valence-electron chi connectivity index (χ0n) is 13.1. The molecule has 0 aromatic heterocycles.